The van der Waals surface area contributed by atoms with E-state index >= 15 is 0 Å². The second kappa shape index (κ2) is 6.83. The van der Waals surface area contributed by atoms with Crippen LogP contribution in [0.4, 0.5) is 4.79 Å². The topological polar surface area (TPSA) is 62.3 Å². The molecule has 2 aromatic rings. The molecule has 26 heavy (non-hydrogen) atoms. The molecular weight excluding hydrogens is 346 g/mol. The zero-order valence-corrected chi connectivity index (χ0v) is 15.7. The summed E-state index contributed by atoms with van der Waals surface area (Å²) in [7, 11) is 0. The van der Waals surface area contributed by atoms with Gasteiger partial charge in [-0.25, -0.2) is 9.78 Å². The van der Waals surface area contributed by atoms with Crippen molar-refractivity contribution in [3.05, 3.63) is 41.4 Å². The number of aromatic nitrogens is 1. The maximum atomic E-state index is 13.0. The number of rotatable bonds is 4. The summed E-state index contributed by atoms with van der Waals surface area (Å²) in [5.74, 6) is 0.595. The Bertz CT molecular complexity index is 809. The van der Waals surface area contributed by atoms with Crippen molar-refractivity contribution in [1.82, 2.24) is 15.2 Å². The fourth-order valence-electron chi connectivity index (χ4n) is 3.99. The van der Waals surface area contributed by atoms with Crippen molar-refractivity contribution >= 4 is 23.3 Å². The number of urea groups is 1. The van der Waals surface area contributed by atoms with Crippen LogP contribution in [0.3, 0.4) is 0 Å². The Morgan fingerprint density at radius 2 is 1.96 bits per heavy atom. The van der Waals surface area contributed by atoms with Crippen molar-refractivity contribution < 1.29 is 9.59 Å². The van der Waals surface area contributed by atoms with Gasteiger partial charge in [0.15, 0.2) is 0 Å². The summed E-state index contributed by atoms with van der Waals surface area (Å²) >= 11 is 1.54. The number of benzene rings is 1. The molecule has 1 spiro atoms. The van der Waals surface area contributed by atoms with Crippen LogP contribution in [-0.2, 0) is 11.3 Å². The number of nitrogens with zero attached hydrogens (tertiary/aromatic N) is 2. The van der Waals surface area contributed by atoms with Crippen LogP contribution < -0.4 is 5.32 Å². The number of hydrogen-bond acceptors (Lipinski definition) is 4. The van der Waals surface area contributed by atoms with Gasteiger partial charge in [-0.1, -0.05) is 43.7 Å². The van der Waals surface area contributed by atoms with Crippen molar-refractivity contribution in [2.24, 2.45) is 5.92 Å². The standard InChI is InChI=1S/C20H23N3O2S/c1-2-14-8-10-20(11-9-14)18(24)23(19(25)22-20)12-16-13-26-17(21-16)15-6-4-3-5-7-15/h3-7,13-14H,2,8-12H2,1H3,(H,22,25). The fourth-order valence-corrected chi connectivity index (χ4v) is 4.81. The number of thiazole rings is 1. The van der Waals surface area contributed by atoms with Gasteiger partial charge >= 0.3 is 6.03 Å². The summed E-state index contributed by atoms with van der Waals surface area (Å²) in [6.45, 7) is 2.43. The lowest BCUT2D eigenvalue weighted by molar-refractivity contribution is -0.133. The highest BCUT2D eigenvalue weighted by atomic mass is 32.1. The summed E-state index contributed by atoms with van der Waals surface area (Å²) in [4.78, 5) is 31.4. The molecule has 1 N–H and O–H groups in total. The Morgan fingerprint density at radius 1 is 1.23 bits per heavy atom. The van der Waals surface area contributed by atoms with Crippen LogP contribution in [0.5, 0.6) is 0 Å². The Morgan fingerprint density at radius 3 is 2.65 bits per heavy atom. The molecule has 1 aromatic carbocycles. The minimum Gasteiger partial charge on any atom is -0.323 e. The summed E-state index contributed by atoms with van der Waals surface area (Å²) < 4.78 is 0. The molecule has 1 aliphatic heterocycles. The predicted octanol–water partition coefficient (Wildman–Crippen LogP) is 4.20. The number of carbonyl (C=O) groups excluding carboxylic acids is 2. The molecule has 4 rings (SSSR count). The molecule has 0 unspecified atom stereocenters. The number of nitrogens with one attached hydrogen (secondary N) is 1. The Balaban J connectivity index is 1.48. The minimum absolute atomic E-state index is 0.0775. The van der Waals surface area contributed by atoms with Crippen molar-refractivity contribution in [2.75, 3.05) is 0 Å². The van der Waals surface area contributed by atoms with Gasteiger partial charge in [0.25, 0.3) is 5.91 Å². The average Bonchev–Trinajstić information content (AvgIpc) is 3.23. The normalized spacial score (nSPS) is 25.7. The van der Waals surface area contributed by atoms with Crippen LogP contribution in [0.2, 0.25) is 0 Å². The molecule has 1 saturated heterocycles. The molecule has 1 aliphatic carbocycles. The summed E-state index contributed by atoms with van der Waals surface area (Å²) in [6, 6.07) is 9.67. The third kappa shape index (κ3) is 3.03. The van der Waals surface area contributed by atoms with Gasteiger partial charge in [0.05, 0.1) is 12.2 Å². The highest BCUT2D eigenvalue weighted by molar-refractivity contribution is 7.13. The molecule has 0 atom stereocenters. The van der Waals surface area contributed by atoms with Crippen LogP contribution in [0.25, 0.3) is 10.6 Å². The number of imide groups is 1. The second-order valence-electron chi connectivity index (χ2n) is 7.27. The van der Waals surface area contributed by atoms with Gasteiger partial charge in [0.2, 0.25) is 0 Å². The van der Waals surface area contributed by atoms with Gasteiger partial charge in [0.1, 0.15) is 10.5 Å². The van der Waals surface area contributed by atoms with Gasteiger partial charge in [-0.2, -0.15) is 0 Å². The SMILES string of the molecule is CCC1CCC2(CC1)NC(=O)N(Cc1csc(-c3ccccc3)n1)C2=O. The zero-order chi connectivity index (χ0) is 18.1. The highest BCUT2D eigenvalue weighted by Gasteiger charge is 2.52. The van der Waals surface area contributed by atoms with E-state index < -0.39 is 5.54 Å². The molecule has 6 heteroatoms. The molecule has 5 nitrogen and oxygen atoms in total. The van der Waals surface area contributed by atoms with Crippen LogP contribution in [0.15, 0.2) is 35.7 Å². The number of hydrogen-bond donors (Lipinski definition) is 1. The number of carbonyl (C=O) groups is 2. The molecule has 2 fully saturated rings. The van der Waals surface area contributed by atoms with Gasteiger partial charge in [-0.3, -0.25) is 9.69 Å². The Hall–Kier alpha value is -2.21. The third-order valence-electron chi connectivity index (χ3n) is 5.67. The van der Waals surface area contributed by atoms with E-state index in [1.54, 1.807) is 0 Å². The third-order valence-corrected chi connectivity index (χ3v) is 6.61. The summed E-state index contributed by atoms with van der Waals surface area (Å²) in [6.07, 6.45) is 4.65. The fraction of sp³-hybridized carbons (Fsp3) is 0.450. The minimum atomic E-state index is -0.680. The highest BCUT2D eigenvalue weighted by Crippen LogP contribution is 2.38. The van der Waals surface area contributed by atoms with Crippen molar-refractivity contribution in [1.29, 1.82) is 0 Å². The lowest BCUT2D eigenvalue weighted by Crippen LogP contribution is -2.49. The first-order valence-corrected chi connectivity index (χ1v) is 10.1. The molecule has 0 radical (unpaired) electrons. The maximum absolute atomic E-state index is 13.0. The van der Waals surface area contributed by atoms with E-state index in [1.807, 2.05) is 35.7 Å². The predicted molar refractivity (Wildman–Crippen MR) is 102 cm³/mol. The molecule has 136 valence electrons. The first-order valence-electron chi connectivity index (χ1n) is 9.25. The van der Waals surface area contributed by atoms with E-state index in [9.17, 15) is 9.59 Å². The second-order valence-corrected chi connectivity index (χ2v) is 8.12. The number of amides is 3. The molecular formula is C20H23N3O2S. The molecule has 3 amide bonds. The van der Waals surface area contributed by atoms with Crippen LogP contribution in [0, 0.1) is 5.92 Å². The lowest BCUT2D eigenvalue weighted by Gasteiger charge is -2.34. The van der Waals surface area contributed by atoms with Crippen molar-refractivity contribution in [3.8, 4) is 10.6 Å². The van der Waals surface area contributed by atoms with Gasteiger partial charge in [-0.05, 0) is 31.6 Å². The van der Waals surface area contributed by atoms with Gasteiger partial charge in [-0.15, -0.1) is 11.3 Å². The Labute approximate surface area is 157 Å². The monoisotopic (exact) mass is 369 g/mol. The first kappa shape index (κ1) is 17.2. The van der Waals surface area contributed by atoms with E-state index in [4.69, 9.17) is 0 Å². The molecule has 2 heterocycles. The smallest absolute Gasteiger partial charge is 0.323 e. The van der Waals surface area contributed by atoms with E-state index in [1.165, 1.54) is 16.2 Å². The average molecular weight is 369 g/mol. The van der Waals surface area contributed by atoms with E-state index in [0.29, 0.717) is 5.92 Å². The van der Waals surface area contributed by atoms with E-state index in [-0.39, 0.29) is 18.5 Å². The zero-order valence-electron chi connectivity index (χ0n) is 14.9. The summed E-state index contributed by atoms with van der Waals surface area (Å²) in [5, 5.41) is 5.83. The first-order chi connectivity index (χ1) is 12.6. The molecule has 2 aliphatic rings. The van der Waals surface area contributed by atoms with Crippen molar-refractivity contribution in [3.63, 3.8) is 0 Å². The molecule has 1 saturated carbocycles. The maximum Gasteiger partial charge on any atom is 0.325 e. The largest absolute Gasteiger partial charge is 0.325 e. The van der Waals surface area contributed by atoms with Gasteiger partial charge in [0, 0.05) is 10.9 Å². The van der Waals surface area contributed by atoms with Crippen LogP contribution >= 0.6 is 11.3 Å². The van der Waals surface area contributed by atoms with Crippen LogP contribution in [0.1, 0.15) is 44.7 Å². The van der Waals surface area contributed by atoms with Gasteiger partial charge < -0.3 is 5.32 Å². The van der Waals surface area contributed by atoms with E-state index in [0.717, 1.165) is 48.4 Å². The Kier molecular flexibility index (Phi) is 4.53. The lowest BCUT2D eigenvalue weighted by atomic mass is 9.75. The van der Waals surface area contributed by atoms with Crippen molar-refractivity contribution in [2.45, 2.75) is 51.1 Å². The summed E-state index contributed by atoms with van der Waals surface area (Å²) in [5.41, 5.74) is 1.13. The molecule has 1 aromatic heterocycles. The van der Waals surface area contributed by atoms with Crippen LogP contribution in [-0.4, -0.2) is 27.4 Å². The van der Waals surface area contributed by atoms with E-state index in [2.05, 4.69) is 17.2 Å². The quantitative estimate of drug-likeness (QED) is 0.822. The molecule has 0 bridgehead atoms.